The molecule has 0 amide bonds. The molecule has 0 aliphatic carbocycles. The second kappa shape index (κ2) is 4.01. The smallest absolute Gasteiger partial charge is 0.337 e. The van der Waals surface area contributed by atoms with Crippen LogP contribution >= 0.6 is 0 Å². The molecule has 0 fully saturated rings. The van der Waals surface area contributed by atoms with E-state index in [1.807, 2.05) is 0 Å². The summed E-state index contributed by atoms with van der Waals surface area (Å²) in [6.45, 7) is 0. The third-order valence-corrected chi connectivity index (χ3v) is 2.03. The Labute approximate surface area is 91.6 Å². The van der Waals surface area contributed by atoms with Crippen molar-refractivity contribution < 1.29 is 9.90 Å². The van der Waals surface area contributed by atoms with Crippen molar-refractivity contribution >= 4 is 17.5 Å². The average molecular weight is 218 g/mol. The fourth-order valence-corrected chi connectivity index (χ4v) is 1.30. The van der Waals surface area contributed by atoms with Gasteiger partial charge in [0.2, 0.25) is 0 Å². The molecule has 0 aromatic carbocycles. The van der Waals surface area contributed by atoms with Crippen LogP contribution in [0.1, 0.15) is 10.4 Å². The maximum Gasteiger partial charge on any atom is 0.337 e. The largest absolute Gasteiger partial charge is 0.478 e. The van der Waals surface area contributed by atoms with E-state index in [1.54, 1.807) is 24.0 Å². The lowest BCUT2D eigenvalue weighted by molar-refractivity contribution is 0.0698. The van der Waals surface area contributed by atoms with E-state index < -0.39 is 5.97 Å². The minimum atomic E-state index is -0.999. The van der Waals surface area contributed by atoms with Crippen LogP contribution in [0.3, 0.4) is 0 Å². The van der Waals surface area contributed by atoms with Gasteiger partial charge in [-0.05, 0) is 6.07 Å². The fraction of sp³-hybridized carbons (Fsp3) is 0.100. The van der Waals surface area contributed by atoms with E-state index >= 15 is 0 Å². The molecule has 2 aromatic rings. The van der Waals surface area contributed by atoms with Crippen LogP contribution in [0.15, 0.2) is 30.7 Å². The zero-order valence-electron chi connectivity index (χ0n) is 8.58. The van der Waals surface area contributed by atoms with Gasteiger partial charge in [0.05, 0.1) is 17.4 Å². The van der Waals surface area contributed by atoms with Gasteiger partial charge in [-0.3, -0.25) is 9.67 Å². The van der Waals surface area contributed by atoms with E-state index in [9.17, 15) is 4.79 Å². The van der Waals surface area contributed by atoms with Gasteiger partial charge in [0, 0.05) is 25.5 Å². The van der Waals surface area contributed by atoms with Gasteiger partial charge in [-0.2, -0.15) is 5.10 Å². The molecule has 2 N–H and O–H groups in total. The number of carboxylic acid groups (broad SMARTS) is 1. The molecule has 6 nitrogen and oxygen atoms in total. The molecule has 0 bridgehead atoms. The zero-order chi connectivity index (χ0) is 11.5. The van der Waals surface area contributed by atoms with Crippen LogP contribution in [0.4, 0.5) is 11.5 Å². The number of rotatable bonds is 3. The molecule has 2 aromatic heterocycles. The summed E-state index contributed by atoms with van der Waals surface area (Å²) >= 11 is 0. The summed E-state index contributed by atoms with van der Waals surface area (Å²) in [6.07, 6.45) is 4.66. The third kappa shape index (κ3) is 2.00. The van der Waals surface area contributed by atoms with Gasteiger partial charge in [-0.15, -0.1) is 0 Å². The SMILES string of the molecule is Cn1ccc(Nc2cnccc2C(=O)O)n1. The summed E-state index contributed by atoms with van der Waals surface area (Å²) in [4.78, 5) is 14.8. The van der Waals surface area contributed by atoms with E-state index in [4.69, 9.17) is 5.11 Å². The van der Waals surface area contributed by atoms with Crippen LogP contribution < -0.4 is 5.32 Å². The molecule has 0 saturated heterocycles. The quantitative estimate of drug-likeness (QED) is 0.810. The average Bonchev–Trinajstić information content (AvgIpc) is 2.64. The van der Waals surface area contributed by atoms with Crippen molar-refractivity contribution in [1.82, 2.24) is 14.8 Å². The number of aromatic carboxylic acids is 1. The number of nitrogens with zero attached hydrogens (tertiary/aromatic N) is 3. The number of carbonyl (C=O) groups is 1. The molecule has 0 unspecified atom stereocenters. The van der Waals surface area contributed by atoms with Gasteiger partial charge in [0.25, 0.3) is 0 Å². The predicted octanol–water partition coefficient (Wildman–Crippen LogP) is 1.26. The van der Waals surface area contributed by atoms with Crippen molar-refractivity contribution in [1.29, 1.82) is 0 Å². The zero-order valence-corrected chi connectivity index (χ0v) is 8.58. The van der Waals surface area contributed by atoms with Gasteiger partial charge >= 0.3 is 5.97 Å². The van der Waals surface area contributed by atoms with Gasteiger partial charge in [-0.1, -0.05) is 0 Å². The number of carboxylic acids is 1. The summed E-state index contributed by atoms with van der Waals surface area (Å²) in [5, 5.41) is 15.9. The van der Waals surface area contributed by atoms with Crippen LogP contribution in [0.5, 0.6) is 0 Å². The van der Waals surface area contributed by atoms with E-state index in [0.717, 1.165) is 0 Å². The Morgan fingerprint density at radius 3 is 2.94 bits per heavy atom. The summed E-state index contributed by atoms with van der Waals surface area (Å²) in [7, 11) is 1.78. The number of hydrogen-bond donors (Lipinski definition) is 2. The van der Waals surface area contributed by atoms with Gasteiger partial charge in [0.1, 0.15) is 0 Å². The number of aromatic nitrogens is 3. The first-order valence-electron chi connectivity index (χ1n) is 4.61. The number of anilines is 2. The standard InChI is InChI=1S/C10H10N4O2/c1-14-5-3-9(13-14)12-8-6-11-4-2-7(8)10(15)16/h2-6H,1H3,(H,12,13)(H,15,16). The Kier molecular flexibility index (Phi) is 2.55. The lowest BCUT2D eigenvalue weighted by atomic mass is 10.2. The molecular weight excluding hydrogens is 208 g/mol. The summed E-state index contributed by atoms with van der Waals surface area (Å²) in [6, 6.07) is 3.19. The van der Waals surface area contributed by atoms with Crippen molar-refractivity contribution in [2.75, 3.05) is 5.32 Å². The Morgan fingerprint density at radius 2 is 2.31 bits per heavy atom. The molecule has 0 atom stereocenters. The first kappa shape index (κ1) is 10.2. The minimum Gasteiger partial charge on any atom is -0.478 e. The van der Waals surface area contributed by atoms with Crippen molar-refractivity contribution in [3.05, 3.63) is 36.3 Å². The maximum absolute atomic E-state index is 10.9. The monoisotopic (exact) mass is 218 g/mol. The summed E-state index contributed by atoms with van der Waals surface area (Å²) in [5.41, 5.74) is 0.592. The van der Waals surface area contributed by atoms with E-state index in [1.165, 1.54) is 18.5 Å². The van der Waals surface area contributed by atoms with Crippen LogP contribution in [0.25, 0.3) is 0 Å². The van der Waals surface area contributed by atoms with E-state index in [2.05, 4.69) is 15.4 Å². The number of pyridine rings is 1. The highest BCUT2D eigenvalue weighted by atomic mass is 16.4. The molecule has 0 spiro atoms. The normalized spacial score (nSPS) is 10.1. The van der Waals surface area contributed by atoms with Crippen molar-refractivity contribution in [2.45, 2.75) is 0 Å². The van der Waals surface area contributed by atoms with Gasteiger partial charge in [-0.25, -0.2) is 4.79 Å². The maximum atomic E-state index is 10.9. The molecule has 0 aliphatic heterocycles. The first-order valence-corrected chi connectivity index (χ1v) is 4.61. The molecule has 0 saturated carbocycles. The predicted molar refractivity (Wildman–Crippen MR) is 57.7 cm³/mol. The second-order valence-corrected chi connectivity index (χ2v) is 3.23. The van der Waals surface area contributed by atoms with Gasteiger partial charge < -0.3 is 10.4 Å². The Bertz CT molecular complexity index is 521. The lowest BCUT2D eigenvalue weighted by Crippen LogP contribution is -2.03. The summed E-state index contributed by atoms with van der Waals surface area (Å²) < 4.78 is 1.62. The molecule has 2 heterocycles. The molecule has 16 heavy (non-hydrogen) atoms. The Balaban J connectivity index is 2.31. The van der Waals surface area contributed by atoms with Crippen molar-refractivity contribution in [3.63, 3.8) is 0 Å². The minimum absolute atomic E-state index is 0.167. The fourth-order valence-electron chi connectivity index (χ4n) is 1.30. The topological polar surface area (TPSA) is 80.0 Å². The van der Waals surface area contributed by atoms with Crippen LogP contribution in [-0.4, -0.2) is 25.8 Å². The highest BCUT2D eigenvalue weighted by Gasteiger charge is 2.10. The second-order valence-electron chi connectivity index (χ2n) is 3.23. The molecule has 0 aliphatic rings. The molecule has 6 heteroatoms. The van der Waals surface area contributed by atoms with Crippen LogP contribution in [-0.2, 0) is 7.05 Å². The molecule has 82 valence electrons. The number of aryl methyl sites for hydroxylation is 1. The Hall–Kier alpha value is -2.37. The molecule has 0 radical (unpaired) electrons. The number of hydrogen-bond acceptors (Lipinski definition) is 4. The van der Waals surface area contributed by atoms with E-state index in [-0.39, 0.29) is 5.56 Å². The van der Waals surface area contributed by atoms with Crippen LogP contribution in [0.2, 0.25) is 0 Å². The third-order valence-electron chi connectivity index (χ3n) is 2.03. The lowest BCUT2D eigenvalue weighted by Gasteiger charge is -2.05. The molecule has 2 rings (SSSR count). The van der Waals surface area contributed by atoms with E-state index in [0.29, 0.717) is 11.5 Å². The van der Waals surface area contributed by atoms with Crippen molar-refractivity contribution in [3.8, 4) is 0 Å². The van der Waals surface area contributed by atoms with Crippen LogP contribution in [0, 0.1) is 0 Å². The van der Waals surface area contributed by atoms with Gasteiger partial charge in [0.15, 0.2) is 5.82 Å². The van der Waals surface area contributed by atoms with Crippen molar-refractivity contribution in [2.24, 2.45) is 7.05 Å². The highest BCUT2D eigenvalue weighted by molar-refractivity contribution is 5.94. The first-order chi connectivity index (χ1) is 7.66. The summed E-state index contributed by atoms with van der Waals surface area (Å²) in [5.74, 6) is -0.418. The molecular formula is C10H10N4O2. The Morgan fingerprint density at radius 1 is 1.50 bits per heavy atom. The number of nitrogens with one attached hydrogen (secondary N) is 1. The highest BCUT2D eigenvalue weighted by Crippen LogP contribution is 2.17.